The molecule has 0 radical (unpaired) electrons. The molecule has 0 bridgehead atoms. The van der Waals surface area contributed by atoms with Crippen LogP contribution in [0.25, 0.3) is 0 Å². The summed E-state index contributed by atoms with van der Waals surface area (Å²) in [6, 6.07) is 4.98. The van der Waals surface area contributed by atoms with Gasteiger partial charge in [-0.25, -0.2) is 0 Å². The van der Waals surface area contributed by atoms with E-state index in [4.69, 9.17) is 11.5 Å². The highest BCUT2D eigenvalue weighted by Crippen LogP contribution is 2.30. The second kappa shape index (κ2) is 4.65. The molecule has 0 aliphatic heterocycles. The largest absolute Gasteiger partial charge is 0.417 e. The van der Waals surface area contributed by atoms with Crippen molar-refractivity contribution in [2.45, 2.75) is 6.18 Å². The van der Waals surface area contributed by atoms with Crippen molar-refractivity contribution in [3.63, 3.8) is 0 Å². The average molecular weight is 230 g/mol. The maximum atomic E-state index is 12.5. The van der Waals surface area contributed by atoms with Crippen LogP contribution in [-0.4, -0.2) is 12.2 Å². The fourth-order valence-corrected chi connectivity index (χ4v) is 1.03. The number of hydrogen-bond acceptors (Lipinski definition) is 2. The predicted molar refractivity (Wildman–Crippen MR) is 54.8 cm³/mol. The van der Waals surface area contributed by atoms with E-state index < -0.39 is 11.7 Å². The highest BCUT2D eigenvalue weighted by molar-refractivity contribution is 5.83. The zero-order valence-corrected chi connectivity index (χ0v) is 8.07. The smallest absolute Gasteiger partial charge is 0.369 e. The quantitative estimate of drug-likeness (QED) is 0.456. The second-order valence-corrected chi connectivity index (χ2v) is 2.85. The molecule has 86 valence electrons. The Morgan fingerprint density at radius 2 is 1.81 bits per heavy atom. The first-order chi connectivity index (χ1) is 7.41. The lowest BCUT2D eigenvalue weighted by atomic mass is 10.1. The van der Waals surface area contributed by atoms with E-state index in [9.17, 15) is 13.2 Å². The number of halogens is 3. The molecule has 0 fully saturated rings. The van der Waals surface area contributed by atoms with Crippen LogP contribution in [0.1, 0.15) is 11.1 Å². The van der Waals surface area contributed by atoms with Gasteiger partial charge in [-0.1, -0.05) is 18.2 Å². The summed E-state index contributed by atoms with van der Waals surface area (Å²) in [5.74, 6) is -0.319. The molecule has 0 aromatic heterocycles. The van der Waals surface area contributed by atoms with Crippen molar-refractivity contribution < 1.29 is 13.2 Å². The van der Waals surface area contributed by atoms with Gasteiger partial charge >= 0.3 is 6.18 Å². The SMILES string of the molecule is NC(N)=N/N=C\c1ccccc1C(F)(F)F. The number of nitrogens with two attached hydrogens (primary N) is 2. The van der Waals surface area contributed by atoms with Crippen molar-refractivity contribution in [3.8, 4) is 0 Å². The van der Waals surface area contributed by atoms with Gasteiger partial charge in [0, 0.05) is 5.56 Å². The first-order valence-corrected chi connectivity index (χ1v) is 4.19. The van der Waals surface area contributed by atoms with E-state index in [-0.39, 0.29) is 11.5 Å². The summed E-state index contributed by atoms with van der Waals surface area (Å²) in [4.78, 5) is 0. The first kappa shape index (κ1) is 12.0. The molecule has 1 rings (SSSR count). The van der Waals surface area contributed by atoms with Crippen molar-refractivity contribution in [3.05, 3.63) is 35.4 Å². The lowest BCUT2D eigenvalue weighted by Crippen LogP contribution is -2.21. The van der Waals surface area contributed by atoms with E-state index in [1.807, 2.05) is 0 Å². The van der Waals surface area contributed by atoms with Crippen LogP contribution in [0.5, 0.6) is 0 Å². The van der Waals surface area contributed by atoms with Gasteiger partial charge in [-0.15, -0.1) is 5.10 Å². The summed E-state index contributed by atoms with van der Waals surface area (Å²) in [6.07, 6.45) is -3.48. The third-order valence-electron chi connectivity index (χ3n) is 1.64. The van der Waals surface area contributed by atoms with Crippen LogP contribution in [0.4, 0.5) is 13.2 Å². The van der Waals surface area contributed by atoms with Gasteiger partial charge in [0.15, 0.2) is 0 Å². The minimum absolute atomic E-state index is 0.0972. The summed E-state index contributed by atoms with van der Waals surface area (Å²) in [7, 11) is 0. The maximum absolute atomic E-state index is 12.5. The standard InChI is InChI=1S/C9H9F3N4/c10-9(11,12)7-4-2-1-3-6(7)5-15-16-8(13)14/h1-5H,(H4,13,14,16)/b15-5-. The van der Waals surface area contributed by atoms with Crippen molar-refractivity contribution >= 4 is 12.2 Å². The average Bonchev–Trinajstić information content (AvgIpc) is 2.16. The minimum Gasteiger partial charge on any atom is -0.369 e. The zero-order valence-electron chi connectivity index (χ0n) is 8.07. The van der Waals surface area contributed by atoms with Gasteiger partial charge in [0.1, 0.15) is 0 Å². The van der Waals surface area contributed by atoms with Gasteiger partial charge < -0.3 is 11.5 Å². The Hall–Kier alpha value is -2.05. The van der Waals surface area contributed by atoms with E-state index in [0.29, 0.717) is 0 Å². The van der Waals surface area contributed by atoms with Crippen molar-refractivity contribution in [2.24, 2.45) is 21.7 Å². The lowest BCUT2D eigenvalue weighted by molar-refractivity contribution is -0.137. The van der Waals surface area contributed by atoms with Crippen LogP contribution in [0.2, 0.25) is 0 Å². The molecule has 0 atom stereocenters. The van der Waals surface area contributed by atoms with Crippen molar-refractivity contribution in [2.75, 3.05) is 0 Å². The molecule has 0 amide bonds. The van der Waals surface area contributed by atoms with E-state index in [1.54, 1.807) is 0 Å². The molecule has 1 aromatic rings. The molecule has 0 unspecified atom stereocenters. The molecule has 1 aromatic carbocycles. The molecule has 16 heavy (non-hydrogen) atoms. The highest BCUT2D eigenvalue weighted by Gasteiger charge is 2.32. The lowest BCUT2D eigenvalue weighted by Gasteiger charge is -2.08. The third kappa shape index (κ3) is 3.26. The van der Waals surface area contributed by atoms with Crippen LogP contribution in [0, 0.1) is 0 Å². The van der Waals surface area contributed by atoms with Crippen LogP contribution < -0.4 is 11.5 Å². The Kier molecular flexibility index (Phi) is 3.49. The summed E-state index contributed by atoms with van der Waals surface area (Å²) in [5.41, 5.74) is 9.06. The van der Waals surface area contributed by atoms with Gasteiger partial charge in [0.25, 0.3) is 0 Å². The van der Waals surface area contributed by atoms with E-state index in [1.165, 1.54) is 18.2 Å². The molecule has 0 saturated carbocycles. The van der Waals surface area contributed by atoms with E-state index >= 15 is 0 Å². The molecule has 0 aliphatic rings. The molecular weight excluding hydrogens is 221 g/mol. The normalized spacial score (nSPS) is 11.7. The van der Waals surface area contributed by atoms with Gasteiger partial charge in [-0.2, -0.15) is 18.3 Å². The molecule has 0 saturated heterocycles. The second-order valence-electron chi connectivity index (χ2n) is 2.85. The number of alkyl halides is 3. The Labute approximate surface area is 89.5 Å². The number of guanidine groups is 1. The molecule has 0 heterocycles. The first-order valence-electron chi connectivity index (χ1n) is 4.19. The number of hydrogen-bond donors (Lipinski definition) is 2. The van der Waals surface area contributed by atoms with Crippen LogP contribution in [-0.2, 0) is 6.18 Å². The maximum Gasteiger partial charge on any atom is 0.417 e. The van der Waals surface area contributed by atoms with Gasteiger partial charge in [-0.05, 0) is 6.07 Å². The number of rotatable bonds is 2. The summed E-state index contributed by atoms with van der Waals surface area (Å²) < 4.78 is 37.5. The van der Waals surface area contributed by atoms with Gasteiger partial charge in [0.05, 0.1) is 11.8 Å². The van der Waals surface area contributed by atoms with Crippen molar-refractivity contribution in [1.82, 2.24) is 0 Å². The Balaban J connectivity index is 3.05. The molecule has 4 N–H and O–H groups in total. The van der Waals surface area contributed by atoms with Crippen molar-refractivity contribution in [1.29, 1.82) is 0 Å². The minimum atomic E-state index is -4.43. The van der Waals surface area contributed by atoms with Crippen LogP contribution in [0.15, 0.2) is 34.5 Å². The predicted octanol–water partition coefficient (Wildman–Crippen LogP) is 1.31. The molecule has 4 nitrogen and oxygen atoms in total. The van der Waals surface area contributed by atoms with Crippen LogP contribution >= 0.6 is 0 Å². The monoisotopic (exact) mass is 230 g/mol. The van der Waals surface area contributed by atoms with E-state index in [0.717, 1.165) is 12.3 Å². The highest BCUT2D eigenvalue weighted by atomic mass is 19.4. The van der Waals surface area contributed by atoms with Crippen LogP contribution in [0.3, 0.4) is 0 Å². The third-order valence-corrected chi connectivity index (χ3v) is 1.64. The fourth-order valence-electron chi connectivity index (χ4n) is 1.03. The number of benzene rings is 1. The summed E-state index contributed by atoms with van der Waals surface area (Å²) in [5, 5.41) is 6.55. The number of nitrogens with zero attached hydrogens (tertiary/aromatic N) is 2. The van der Waals surface area contributed by atoms with Gasteiger partial charge in [0.2, 0.25) is 5.96 Å². The summed E-state index contributed by atoms with van der Waals surface area (Å²) in [6.45, 7) is 0. The molecule has 0 aliphatic carbocycles. The zero-order chi connectivity index (χ0) is 12.2. The topological polar surface area (TPSA) is 76.8 Å². The fraction of sp³-hybridized carbons (Fsp3) is 0.111. The van der Waals surface area contributed by atoms with Gasteiger partial charge in [-0.3, -0.25) is 0 Å². The molecule has 7 heteroatoms. The van der Waals surface area contributed by atoms with E-state index in [2.05, 4.69) is 10.2 Å². The molecule has 0 spiro atoms. The summed E-state index contributed by atoms with van der Waals surface area (Å²) >= 11 is 0. The Morgan fingerprint density at radius 1 is 1.19 bits per heavy atom. The molecular formula is C9H9F3N4. The Bertz CT molecular complexity index is 419. The Morgan fingerprint density at radius 3 is 2.38 bits per heavy atom.